The SMILES string of the molecule is CC[CH]n1cc(-c2ccccc2-c2ccsc2)ccc1=O. The maximum atomic E-state index is 11.8. The van der Waals surface area contributed by atoms with Crippen molar-refractivity contribution in [3.8, 4) is 22.3 Å². The highest BCUT2D eigenvalue weighted by Crippen LogP contribution is 2.32. The molecule has 0 amide bonds. The predicted molar refractivity (Wildman–Crippen MR) is 89.4 cm³/mol. The number of nitrogens with zero attached hydrogens (tertiary/aromatic N) is 1. The molecule has 21 heavy (non-hydrogen) atoms. The summed E-state index contributed by atoms with van der Waals surface area (Å²) in [5.41, 5.74) is 4.62. The van der Waals surface area contributed by atoms with Gasteiger partial charge in [-0.2, -0.15) is 11.3 Å². The van der Waals surface area contributed by atoms with Gasteiger partial charge in [-0.25, -0.2) is 0 Å². The fourth-order valence-corrected chi connectivity index (χ4v) is 3.06. The summed E-state index contributed by atoms with van der Waals surface area (Å²) < 4.78 is 1.67. The molecule has 0 N–H and O–H groups in total. The molecule has 0 aliphatic rings. The van der Waals surface area contributed by atoms with Crippen LogP contribution in [0.4, 0.5) is 0 Å². The predicted octanol–water partition coefficient (Wildman–Crippen LogP) is 4.66. The third kappa shape index (κ3) is 2.83. The molecule has 0 saturated carbocycles. The Balaban J connectivity index is 2.13. The molecule has 0 spiro atoms. The zero-order valence-electron chi connectivity index (χ0n) is 11.8. The Hall–Kier alpha value is -2.13. The lowest BCUT2D eigenvalue weighted by Gasteiger charge is -2.11. The third-order valence-electron chi connectivity index (χ3n) is 3.39. The van der Waals surface area contributed by atoms with E-state index in [1.54, 1.807) is 22.0 Å². The van der Waals surface area contributed by atoms with Crippen LogP contribution < -0.4 is 5.56 Å². The van der Waals surface area contributed by atoms with Crippen molar-refractivity contribution in [1.82, 2.24) is 4.57 Å². The van der Waals surface area contributed by atoms with Gasteiger partial charge in [-0.3, -0.25) is 4.79 Å². The largest absolute Gasteiger partial charge is 0.310 e. The van der Waals surface area contributed by atoms with Gasteiger partial charge in [0, 0.05) is 12.3 Å². The molecule has 0 saturated heterocycles. The highest BCUT2D eigenvalue weighted by molar-refractivity contribution is 7.08. The van der Waals surface area contributed by atoms with Gasteiger partial charge in [-0.1, -0.05) is 31.2 Å². The second-order valence-electron chi connectivity index (χ2n) is 4.81. The lowest BCUT2D eigenvalue weighted by atomic mass is 9.97. The summed E-state index contributed by atoms with van der Waals surface area (Å²) in [7, 11) is 0. The number of hydrogen-bond acceptors (Lipinski definition) is 2. The van der Waals surface area contributed by atoms with Gasteiger partial charge in [0.05, 0.1) is 6.54 Å². The average molecular weight is 294 g/mol. The maximum absolute atomic E-state index is 11.8. The molecule has 3 aromatic rings. The molecular weight excluding hydrogens is 278 g/mol. The van der Waals surface area contributed by atoms with Gasteiger partial charge < -0.3 is 4.57 Å². The van der Waals surface area contributed by atoms with Gasteiger partial charge >= 0.3 is 0 Å². The zero-order chi connectivity index (χ0) is 14.7. The highest BCUT2D eigenvalue weighted by Gasteiger charge is 2.08. The molecular formula is C18H16NOS. The summed E-state index contributed by atoms with van der Waals surface area (Å²) in [6, 6.07) is 13.9. The van der Waals surface area contributed by atoms with Crippen molar-refractivity contribution in [2.75, 3.05) is 0 Å². The van der Waals surface area contributed by atoms with Crippen LogP contribution in [0.1, 0.15) is 13.3 Å². The summed E-state index contributed by atoms with van der Waals surface area (Å²) >= 11 is 1.69. The van der Waals surface area contributed by atoms with Crippen molar-refractivity contribution >= 4 is 11.3 Å². The van der Waals surface area contributed by atoms with Gasteiger partial charge in [0.15, 0.2) is 0 Å². The van der Waals surface area contributed by atoms with E-state index in [4.69, 9.17) is 0 Å². The average Bonchev–Trinajstić information content (AvgIpc) is 3.04. The van der Waals surface area contributed by atoms with E-state index in [0.29, 0.717) is 0 Å². The molecule has 2 heterocycles. The minimum Gasteiger partial charge on any atom is -0.310 e. The topological polar surface area (TPSA) is 22.0 Å². The first-order valence-electron chi connectivity index (χ1n) is 6.97. The summed E-state index contributed by atoms with van der Waals surface area (Å²) in [4.78, 5) is 11.8. The Kier molecular flexibility index (Phi) is 4.02. The van der Waals surface area contributed by atoms with Gasteiger partial charge in [-0.15, -0.1) is 0 Å². The van der Waals surface area contributed by atoms with Crippen LogP contribution in [0.5, 0.6) is 0 Å². The first-order valence-corrected chi connectivity index (χ1v) is 7.91. The molecule has 0 bridgehead atoms. The smallest absolute Gasteiger partial charge is 0.250 e. The van der Waals surface area contributed by atoms with Crippen LogP contribution >= 0.6 is 11.3 Å². The highest BCUT2D eigenvalue weighted by atomic mass is 32.1. The number of rotatable bonds is 4. The van der Waals surface area contributed by atoms with Crippen LogP contribution in [0.25, 0.3) is 22.3 Å². The second-order valence-corrected chi connectivity index (χ2v) is 5.59. The van der Waals surface area contributed by atoms with Crippen LogP contribution in [-0.2, 0) is 0 Å². The Morgan fingerprint density at radius 3 is 2.48 bits per heavy atom. The normalized spacial score (nSPS) is 10.7. The van der Waals surface area contributed by atoms with E-state index in [1.165, 1.54) is 11.1 Å². The first kappa shape index (κ1) is 13.8. The maximum Gasteiger partial charge on any atom is 0.250 e. The van der Waals surface area contributed by atoms with E-state index in [1.807, 2.05) is 37.9 Å². The van der Waals surface area contributed by atoms with Crippen molar-refractivity contribution in [3.63, 3.8) is 0 Å². The van der Waals surface area contributed by atoms with Gasteiger partial charge in [0.1, 0.15) is 0 Å². The van der Waals surface area contributed by atoms with Crippen LogP contribution in [0.3, 0.4) is 0 Å². The lowest BCUT2D eigenvalue weighted by molar-refractivity contribution is 0.838. The molecule has 2 nitrogen and oxygen atoms in total. The van der Waals surface area contributed by atoms with Gasteiger partial charge in [0.2, 0.25) is 0 Å². The Labute approximate surface area is 128 Å². The summed E-state index contributed by atoms with van der Waals surface area (Å²) in [5.74, 6) is 0. The fraction of sp³-hybridized carbons (Fsp3) is 0.111. The molecule has 0 unspecified atom stereocenters. The number of pyridine rings is 1. The quantitative estimate of drug-likeness (QED) is 0.685. The standard InChI is InChI=1S/C18H16NOS/c1-2-10-19-12-14(7-8-18(19)20)16-5-3-4-6-17(16)15-9-11-21-13-15/h3-13H,2H2,1H3. The van der Waals surface area contributed by atoms with E-state index >= 15 is 0 Å². The molecule has 0 aliphatic carbocycles. The Bertz CT molecular complexity index is 787. The molecule has 3 heteroatoms. The zero-order valence-corrected chi connectivity index (χ0v) is 12.6. The van der Waals surface area contributed by atoms with Gasteiger partial charge in [0.25, 0.3) is 5.56 Å². The number of benzene rings is 1. The second kappa shape index (κ2) is 6.10. The minimum atomic E-state index is 0.00798. The van der Waals surface area contributed by atoms with Crippen molar-refractivity contribution in [2.45, 2.75) is 13.3 Å². The molecule has 3 rings (SSSR count). The van der Waals surface area contributed by atoms with E-state index in [9.17, 15) is 4.79 Å². The van der Waals surface area contributed by atoms with E-state index in [-0.39, 0.29) is 5.56 Å². The Morgan fingerprint density at radius 1 is 1.05 bits per heavy atom. The number of aromatic nitrogens is 1. The monoisotopic (exact) mass is 294 g/mol. The van der Waals surface area contributed by atoms with E-state index in [2.05, 4.69) is 29.0 Å². The molecule has 0 aliphatic heterocycles. The van der Waals surface area contributed by atoms with Crippen LogP contribution in [0.2, 0.25) is 0 Å². The number of hydrogen-bond donors (Lipinski definition) is 0. The third-order valence-corrected chi connectivity index (χ3v) is 4.07. The van der Waals surface area contributed by atoms with Crippen molar-refractivity contribution < 1.29 is 0 Å². The summed E-state index contributed by atoms with van der Waals surface area (Å²) in [5, 5.41) is 4.23. The van der Waals surface area contributed by atoms with Crippen LogP contribution in [0.15, 0.2) is 64.2 Å². The summed E-state index contributed by atoms with van der Waals surface area (Å²) in [6.45, 7) is 3.93. The summed E-state index contributed by atoms with van der Waals surface area (Å²) in [6.07, 6.45) is 2.74. The van der Waals surface area contributed by atoms with Crippen molar-refractivity contribution in [1.29, 1.82) is 0 Å². The lowest BCUT2D eigenvalue weighted by Crippen LogP contribution is -2.16. The molecule has 2 aromatic heterocycles. The first-order chi connectivity index (χ1) is 10.3. The molecule has 0 fully saturated rings. The van der Waals surface area contributed by atoms with E-state index < -0.39 is 0 Å². The number of thiophene rings is 1. The molecule has 0 atom stereocenters. The van der Waals surface area contributed by atoms with Crippen LogP contribution in [0, 0.1) is 6.54 Å². The van der Waals surface area contributed by atoms with E-state index in [0.717, 1.165) is 17.5 Å². The fourth-order valence-electron chi connectivity index (χ4n) is 2.41. The van der Waals surface area contributed by atoms with Crippen molar-refractivity contribution in [2.24, 2.45) is 0 Å². The van der Waals surface area contributed by atoms with Crippen molar-refractivity contribution in [3.05, 3.63) is 76.3 Å². The minimum absolute atomic E-state index is 0.00798. The van der Waals surface area contributed by atoms with Crippen LogP contribution in [-0.4, -0.2) is 4.57 Å². The molecule has 1 radical (unpaired) electrons. The molecule has 105 valence electrons. The molecule has 1 aromatic carbocycles. The van der Waals surface area contributed by atoms with Gasteiger partial charge in [-0.05, 0) is 51.6 Å². The Morgan fingerprint density at radius 2 is 1.81 bits per heavy atom.